The highest BCUT2D eigenvalue weighted by Gasteiger charge is 2.25. The van der Waals surface area contributed by atoms with E-state index in [1.807, 2.05) is 11.3 Å². The van der Waals surface area contributed by atoms with Gasteiger partial charge in [-0.3, -0.25) is 0 Å². The quantitative estimate of drug-likeness (QED) is 0.764. The Kier molecular flexibility index (Phi) is 2.95. The fourth-order valence-electron chi connectivity index (χ4n) is 3.59. The van der Waals surface area contributed by atoms with Gasteiger partial charge < -0.3 is 10.3 Å². The highest BCUT2D eigenvalue weighted by molar-refractivity contribution is 7.12. The summed E-state index contributed by atoms with van der Waals surface area (Å²) in [6.45, 7) is 2.08. The monoisotopic (exact) mass is 296 g/mol. The molecule has 0 aliphatic heterocycles. The van der Waals surface area contributed by atoms with Gasteiger partial charge in [0.05, 0.1) is 5.69 Å². The highest BCUT2D eigenvalue weighted by atomic mass is 32.1. The third kappa shape index (κ3) is 1.95. The molecule has 2 nitrogen and oxygen atoms in total. The molecule has 2 N–H and O–H groups in total. The molecule has 0 radical (unpaired) electrons. The molecule has 0 fully saturated rings. The van der Waals surface area contributed by atoms with Crippen LogP contribution in [0.3, 0.4) is 0 Å². The van der Waals surface area contributed by atoms with Crippen molar-refractivity contribution < 1.29 is 0 Å². The van der Waals surface area contributed by atoms with Crippen molar-refractivity contribution in [2.75, 3.05) is 0 Å². The summed E-state index contributed by atoms with van der Waals surface area (Å²) < 4.78 is 2.37. The van der Waals surface area contributed by atoms with Crippen LogP contribution in [0.2, 0.25) is 0 Å². The molecule has 4 rings (SSSR count). The number of rotatable bonds is 2. The lowest BCUT2D eigenvalue weighted by Gasteiger charge is -2.14. The van der Waals surface area contributed by atoms with Crippen LogP contribution in [0.5, 0.6) is 0 Å². The Labute approximate surface area is 129 Å². The Morgan fingerprint density at radius 1 is 1.29 bits per heavy atom. The first-order valence-electron chi connectivity index (χ1n) is 7.59. The molecule has 3 heteroatoms. The van der Waals surface area contributed by atoms with Crippen LogP contribution in [0.25, 0.3) is 22.2 Å². The molecule has 21 heavy (non-hydrogen) atoms. The number of nitrogens with zero attached hydrogens (tertiary/aromatic N) is 1. The van der Waals surface area contributed by atoms with Gasteiger partial charge in [-0.25, -0.2) is 0 Å². The van der Waals surface area contributed by atoms with Crippen LogP contribution in [0.1, 0.15) is 22.2 Å². The van der Waals surface area contributed by atoms with Crippen LogP contribution in [0.4, 0.5) is 0 Å². The van der Waals surface area contributed by atoms with Gasteiger partial charge in [-0.1, -0.05) is 18.2 Å². The van der Waals surface area contributed by atoms with E-state index in [-0.39, 0.29) is 6.04 Å². The van der Waals surface area contributed by atoms with Crippen LogP contribution in [-0.2, 0) is 26.3 Å². The van der Waals surface area contributed by atoms with E-state index in [0.29, 0.717) is 0 Å². The summed E-state index contributed by atoms with van der Waals surface area (Å²) in [4.78, 5) is 2.96. The van der Waals surface area contributed by atoms with Crippen LogP contribution in [0.15, 0.2) is 30.3 Å². The zero-order valence-corrected chi connectivity index (χ0v) is 13.3. The molecule has 1 aliphatic carbocycles. The van der Waals surface area contributed by atoms with Gasteiger partial charge in [0.2, 0.25) is 0 Å². The van der Waals surface area contributed by atoms with E-state index in [2.05, 4.69) is 48.9 Å². The predicted octanol–water partition coefficient (Wildman–Crippen LogP) is 3.90. The number of aryl methyl sites for hydroxylation is 3. The van der Waals surface area contributed by atoms with Gasteiger partial charge in [0, 0.05) is 39.3 Å². The minimum absolute atomic E-state index is 0.233. The van der Waals surface area contributed by atoms with Crippen LogP contribution in [0, 0.1) is 0 Å². The largest absolute Gasteiger partial charge is 0.343 e. The second kappa shape index (κ2) is 4.72. The topological polar surface area (TPSA) is 30.9 Å². The third-order valence-electron chi connectivity index (χ3n) is 4.45. The standard InChI is InChI=1S/C18H20N2S/c1-11(19)9-12-10-15-17(21-12)8-7-14-13-5-3-4-6-16(13)20(2)18(14)15/h3-6,10-11H,7-9,19H2,1-2H3. The summed E-state index contributed by atoms with van der Waals surface area (Å²) in [5.74, 6) is 0. The maximum Gasteiger partial charge on any atom is 0.0532 e. The van der Waals surface area contributed by atoms with Gasteiger partial charge in [-0.05, 0) is 43.9 Å². The number of aromatic nitrogens is 1. The SMILES string of the molecule is CC(N)Cc1cc2c(s1)CCc1c-2n(C)c2ccccc12. The third-order valence-corrected chi connectivity index (χ3v) is 5.67. The van der Waals surface area contributed by atoms with Crippen molar-refractivity contribution in [3.63, 3.8) is 0 Å². The summed E-state index contributed by atoms with van der Waals surface area (Å²) in [5.41, 5.74) is 11.7. The van der Waals surface area contributed by atoms with E-state index in [4.69, 9.17) is 5.73 Å². The molecule has 108 valence electrons. The lowest BCUT2D eigenvalue weighted by molar-refractivity contribution is 0.746. The molecular formula is C18H20N2S. The Hall–Kier alpha value is -1.58. The van der Waals surface area contributed by atoms with Gasteiger partial charge >= 0.3 is 0 Å². The molecule has 0 bridgehead atoms. The molecule has 0 saturated carbocycles. The highest BCUT2D eigenvalue weighted by Crippen LogP contribution is 2.43. The summed E-state index contributed by atoms with van der Waals surface area (Å²) >= 11 is 1.95. The van der Waals surface area contributed by atoms with E-state index < -0.39 is 0 Å². The molecule has 0 saturated heterocycles. The van der Waals surface area contributed by atoms with Gasteiger partial charge in [-0.2, -0.15) is 0 Å². The first-order chi connectivity index (χ1) is 10.1. The average Bonchev–Trinajstić information content (AvgIpc) is 2.98. The number of para-hydroxylation sites is 1. The Balaban J connectivity index is 1.94. The molecule has 0 amide bonds. The first-order valence-corrected chi connectivity index (χ1v) is 8.40. The number of nitrogens with two attached hydrogens (primary N) is 1. The van der Waals surface area contributed by atoms with E-state index in [1.54, 1.807) is 0 Å². The maximum absolute atomic E-state index is 5.97. The molecule has 2 aromatic heterocycles. The lowest BCUT2D eigenvalue weighted by Crippen LogP contribution is -2.16. The predicted molar refractivity (Wildman–Crippen MR) is 91.0 cm³/mol. The molecule has 1 aromatic carbocycles. The Morgan fingerprint density at radius 2 is 2.10 bits per heavy atom. The average molecular weight is 296 g/mol. The summed E-state index contributed by atoms with van der Waals surface area (Å²) in [7, 11) is 2.19. The van der Waals surface area contributed by atoms with E-state index in [9.17, 15) is 0 Å². The molecule has 1 unspecified atom stereocenters. The number of fused-ring (bicyclic) bond motifs is 5. The van der Waals surface area contributed by atoms with Crippen molar-refractivity contribution in [1.82, 2.24) is 4.57 Å². The smallest absolute Gasteiger partial charge is 0.0532 e. The van der Waals surface area contributed by atoms with E-state index >= 15 is 0 Å². The lowest BCUT2D eigenvalue weighted by atomic mass is 9.94. The minimum Gasteiger partial charge on any atom is -0.343 e. The molecule has 2 heterocycles. The molecule has 1 aliphatic rings. The van der Waals surface area contributed by atoms with Crippen molar-refractivity contribution in [1.29, 1.82) is 0 Å². The number of hydrogen-bond donors (Lipinski definition) is 1. The van der Waals surface area contributed by atoms with E-state index in [0.717, 1.165) is 12.8 Å². The molecule has 1 atom stereocenters. The Morgan fingerprint density at radius 3 is 2.90 bits per heavy atom. The zero-order chi connectivity index (χ0) is 14.6. The van der Waals surface area contributed by atoms with Crippen LogP contribution >= 0.6 is 11.3 Å². The fourth-order valence-corrected chi connectivity index (χ4v) is 4.90. The fraction of sp³-hybridized carbons (Fsp3) is 0.333. The number of thiophene rings is 1. The summed E-state index contributed by atoms with van der Waals surface area (Å²) in [6, 6.07) is 11.4. The maximum atomic E-state index is 5.97. The van der Waals surface area contributed by atoms with Crippen LogP contribution in [-0.4, -0.2) is 10.6 Å². The number of benzene rings is 1. The van der Waals surface area contributed by atoms with Crippen molar-refractivity contribution in [3.05, 3.63) is 45.6 Å². The summed E-state index contributed by atoms with van der Waals surface area (Å²) in [5, 5.41) is 1.42. The van der Waals surface area contributed by atoms with Crippen molar-refractivity contribution in [2.24, 2.45) is 12.8 Å². The van der Waals surface area contributed by atoms with E-state index in [1.165, 1.54) is 43.9 Å². The van der Waals surface area contributed by atoms with Crippen molar-refractivity contribution in [2.45, 2.75) is 32.2 Å². The van der Waals surface area contributed by atoms with Crippen molar-refractivity contribution in [3.8, 4) is 11.3 Å². The Bertz CT molecular complexity index is 823. The molecular weight excluding hydrogens is 276 g/mol. The van der Waals surface area contributed by atoms with Gasteiger partial charge in [0.25, 0.3) is 0 Å². The zero-order valence-electron chi connectivity index (χ0n) is 12.5. The van der Waals surface area contributed by atoms with Crippen LogP contribution < -0.4 is 5.73 Å². The van der Waals surface area contributed by atoms with Gasteiger partial charge in [-0.15, -0.1) is 11.3 Å². The minimum atomic E-state index is 0.233. The second-order valence-corrected chi connectivity index (χ2v) is 7.36. The van der Waals surface area contributed by atoms with Crippen molar-refractivity contribution >= 4 is 22.2 Å². The van der Waals surface area contributed by atoms with Gasteiger partial charge in [0.15, 0.2) is 0 Å². The normalized spacial score (nSPS) is 15.0. The number of hydrogen-bond acceptors (Lipinski definition) is 2. The first kappa shape index (κ1) is 13.1. The molecule has 3 aromatic rings. The second-order valence-electron chi connectivity index (χ2n) is 6.13. The van der Waals surface area contributed by atoms with Gasteiger partial charge in [0.1, 0.15) is 0 Å². The summed E-state index contributed by atoms with van der Waals surface area (Å²) in [6.07, 6.45) is 3.30. The molecule has 0 spiro atoms.